The van der Waals surface area contributed by atoms with Crippen LogP contribution < -0.4 is 14.8 Å². The zero-order valence-electron chi connectivity index (χ0n) is 16.3. The van der Waals surface area contributed by atoms with Crippen molar-refractivity contribution in [1.29, 1.82) is 0 Å². The molecule has 1 aromatic heterocycles. The minimum absolute atomic E-state index is 0.138. The smallest absolute Gasteiger partial charge is 0.234 e. The van der Waals surface area contributed by atoms with Crippen molar-refractivity contribution in [1.82, 2.24) is 14.8 Å². The highest BCUT2D eigenvalue weighted by Crippen LogP contribution is 2.23. The molecule has 0 spiro atoms. The predicted octanol–water partition coefficient (Wildman–Crippen LogP) is 4.10. The van der Waals surface area contributed by atoms with Crippen LogP contribution in [-0.4, -0.2) is 33.5 Å². The summed E-state index contributed by atoms with van der Waals surface area (Å²) in [5.41, 5.74) is 1.63. The van der Waals surface area contributed by atoms with Gasteiger partial charge in [0, 0.05) is 23.8 Å². The Morgan fingerprint density at radius 3 is 2.79 bits per heavy atom. The van der Waals surface area contributed by atoms with Gasteiger partial charge >= 0.3 is 0 Å². The van der Waals surface area contributed by atoms with Crippen molar-refractivity contribution < 1.29 is 14.3 Å². The molecule has 0 saturated carbocycles. The topological polar surface area (TPSA) is 78.3 Å². The van der Waals surface area contributed by atoms with E-state index >= 15 is 0 Å². The van der Waals surface area contributed by atoms with Gasteiger partial charge in [-0.15, -0.1) is 10.2 Å². The Morgan fingerprint density at radius 2 is 2.03 bits per heavy atom. The van der Waals surface area contributed by atoms with E-state index in [2.05, 4.69) is 15.5 Å². The van der Waals surface area contributed by atoms with Crippen molar-refractivity contribution in [3.63, 3.8) is 0 Å². The Morgan fingerprint density at radius 1 is 1.21 bits per heavy atom. The summed E-state index contributed by atoms with van der Waals surface area (Å²) in [6.07, 6.45) is 0. The molecule has 1 N–H and O–H groups in total. The average molecular weight is 433 g/mol. The number of amides is 1. The lowest BCUT2D eigenvalue weighted by Gasteiger charge is -2.08. The highest BCUT2D eigenvalue weighted by Gasteiger charge is 2.12. The first-order valence-corrected chi connectivity index (χ1v) is 10.2. The Hall–Kier alpha value is -2.71. The van der Waals surface area contributed by atoms with Crippen molar-refractivity contribution in [3.8, 4) is 11.5 Å². The zero-order chi connectivity index (χ0) is 20.8. The van der Waals surface area contributed by atoms with Gasteiger partial charge in [0.1, 0.15) is 18.1 Å². The number of halogens is 1. The van der Waals surface area contributed by atoms with Crippen LogP contribution in [0, 0.1) is 6.92 Å². The highest BCUT2D eigenvalue weighted by atomic mass is 35.5. The van der Waals surface area contributed by atoms with Crippen LogP contribution in [0.5, 0.6) is 11.5 Å². The molecule has 0 atom stereocenters. The lowest BCUT2D eigenvalue weighted by atomic mass is 10.2. The fourth-order valence-electron chi connectivity index (χ4n) is 2.48. The number of anilines is 1. The van der Waals surface area contributed by atoms with E-state index in [0.29, 0.717) is 33.2 Å². The molecule has 3 rings (SSSR count). The molecule has 3 aromatic rings. The van der Waals surface area contributed by atoms with Crippen LogP contribution >= 0.6 is 23.4 Å². The maximum Gasteiger partial charge on any atom is 0.234 e. The normalized spacial score (nSPS) is 10.6. The quantitative estimate of drug-likeness (QED) is 0.540. The number of carbonyl (C=O) groups excluding carboxylic acids is 1. The number of nitrogens with zero attached hydrogens (tertiary/aromatic N) is 3. The number of hydrogen-bond acceptors (Lipinski definition) is 6. The van der Waals surface area contributed by atoms with Gasteiger partial charge in [0.2, 0.25) is 5.91 Å². The van der Waals surface area contributed by atoms with Gasteiger partial charge in [0.15, 0.2) is 11.0 Å². The second-order valence-electron chi connectivity index (χ2n) is 6.23. The fourth-order valence-corrected chi connectivity index (χ4v) is 3.33. The van der Waals surface area contributed by atoms with Crippen LogP contribution in [0.4, 0.5) is 5.69 Å². The molecule has 0 bridgehead atoms. The van der Waals surface area contributed by atoms with E-state index < -0.39 is 0 Å². The van der Waals surface area contributed by atoms with Crippen LogP contribution in [0.25, 0.3) is 0 Å². The third-order valence-corrected chi connectivity index (χ3v) is 5.55. The minimum atomic E-state index is -0.138. The van der Waals surface area contributed by atoms with Gasteiger partial charge in [-0.25, -0.2) is 0 Å². The average Bonchev–Trinajstić information content (AvgIpc) is 3.07. The van der Waals surface area contributed by atoms with E-state index in [1.807, 2.05) is 42.8 Å². The molecular formula is C20H21ClN4O3S. The number of hydrogen-bond donors (Lipinski definition) is 1. The fraction of sp³-hybridized carbons (Fsp3) is 0.250. The van der Waals surface area contributed by atoms with Gasteiger partial charge < -0.3 is 19.4 Å². The number of thioether (sulfide) groups is 1. The minimum Gasteiger partial charge on any atom is -0.497 e. The Kier molecular flexibility index (Phi) is 7.00. The molecule has 1 heterocycles. The number of methoxy groups -OCH3 is 1. The summed E-state index contributed by atoms with van der Waals surface area (Å²) in [7, 11) is 3.42. The molecule has 152 valence electrons. The molecule has 0 aliphatic carbocycles. The summed E-state index contributed by atoms with van der Waals surface area (Å²) in [6.45, 7) is 2.18. The summed E-state index contributed by atoms with van der Waals surface area (Å²) in [6, 6.07) is 12.7. The van der Waals surface area contributed by atoms with Crippen molar-refractivity contribution in [3.05, 3.63) is 58.9 Å². The largest absolute Gasteiger partial charge is 0.497 e. The lowest BCUT2D eigenvalue weighted by molar-refractivity contribution is -0.113. The third kappa shape index (κ3) is 5.65. The number of carbonyl (C=O) groups is 1. The van der Waals surface area contributed by atoms with Crippen LogP contribution in [-0.2, 0) is 18.4 Å². The van der Waals surface area contributed by atoms with Crippen molar-refractivity contribution in [2.24, 2.45) is 7.05 Å². The van der Waals surface area contributed by atoms with E-state index in [9.17, 15) is 4.79 Å². The van der Waals surface area contributed by atoms with Gasteiger partial charge in [-0.3, -0.25) is 4.79 Å². The van der Waals surface area contributed by atoms with E-state index in [1.54, 1.807) is 25.3 Å². The first kappa shape index (κ1) is 21.0. The van der Waals surface area contributed by atoms with Crippen LogP contribution in [0.15, 0.2) is 47.6 Å². The second kappa shape index (κ2) is 9.67. The monoisotopic (exact) mass is 432 g/mol. The lowest BCUT2D eigenvalue weighted by Crippen LogP contribution is -2.14. The van der Waals surface area contributed by atoms with Gasteiger partial charge in [-0.1, -0.05) is 29.4 Å². The number of aromatic nitrogens is 3. The number of nitrogens with one attached hydrogen (secondary N) is 1. The number of rotatable bonds is 8. The van der Waals surface area contributed by atoms with Gasteiger partial charge in [0.05, 0.1) is 12.9 Å². The summed E-state index contributed by atoms with van der Waals surface area (Å²) >= 11 is 7.33. The summed E-state index contributed by atoms with van der Waals surface area (Å²) in [5.74, 6) is 2.13. The Bertz CT molecular complexity index is 1010. The predicted molar refractivity (Wildman–Crippen MR) is 114 cm³/mol. The summed E-state index contributed by atoms with van der Waals surface area (Å²) < 4.78 is 12.7. The molecule has 1 amide bonds. The van der Waals surface area contributed by atoms with E-state index in [4.69, 9.17) is 21.1 Å². The maximum atomic E-state index is 12.2. The van der Waals surface area contributed by atoms with Crippen LogP contribution in [0.2, 0.25) is 5.02 Å². The van der Waals surface area contributed by atoms with Crippen molar-refractivity contribution >= 4 is 35.0 Å². The molecule has 0 radical (unpaired) electrons. The second-order valence-corrected chi connectivity index (χ2v) is 7.58. The van der Waals surface area contributed by atoms with Gasteiger partial charge in [-0.05, 0) is 42.8 Å². The van der Waals surface area contributed by atoms with E-state index in [0.717, 1.165) is 5.56 Å². The standard InChI is InChI=1S/C20H21ClN4O3S/c1-13-9-16(7-8-17(13)21)28-11-18-23-24-20(25(18)2)29-12-19(26)22-14-5-4-6-15(10-14)27-3/h4-10H,11-12H2,1-3H3,(H,22,26). The number of aryl methyl sites for hydroxylation is 1. The van der Waals surface area contributed by atoms with E-state index in [-0.39, 0.29) is 18.3 Å². The summed E-state index contributed by atoms with van der Waals surface area (Å²) in [4.78, 5) is 12.2. The van der Waals surface area contributed by atoms with Gasteiger partial charge in [0.25, 0.3) is 0 Å². The molecule has 0 aliphatic heterocycles. The van der Waals surface area contributed by atoms with Gasteiger partial charge in [-0.2, -0.15) is 0 Å². The maximum absolute atomic E-state index is 12.2. The SMILES string of the molecule is COc1cccc(NC(=O)CSc2nnc(COc3ccc(Cl)c(C)c3)n2C)c1. The number of benzene rings is 2. The Labute approximate surface area is 178 Å². The first-order valence-electron chi connectivity index (χ1n) is 8.80. The third-order valence-electron chi connectivity index (χ3n) is 4.11. The molecule has 0 unspecified atom stereocenters. The first-order chi connectivity index (χ1) is 14.0. The Balaban J connectivity index is 1.53. The van der Waals surface area contributed by atoms with Crippen LogP contribution in [0.1, 0.15) is 11.4 Å². The molecular weight excluding hydrogens is 412 g/mol. The van der Waals surface area contributed by atoms with E-state index in [1.165, 1.54) is 11.8 Å². The molecule has 2 aromatic carbocycles. The molecule has 7 nitrogen and oxygen atoms in total. The number of ether oxygens (including phenoxy) is 2. The molecule has 0 saturated heterocycles. The zero-order valence-corrected chi connectivity index (χ0v) is 17.9. The molecule has 0 fully saturated rings. The summed E-state index contributed by atoms with van der Waals surface area (Å²) in [5, 5.41) is 12.5. The van der Waals surface area contributed by atoms with Crippen molar-refractivity contribution in [2.45, 2.75) is 18.7 Å². The van der Waals surface area contributed by atoms with Crippen molar-refractivity contribution in [2.75, 3.05) is 18.2 Å². The van der Waals surface area contributed by atoms with Crippen LogP contribution in [0.3, 0.4) is 0 Å². The highest BCUT2D eigenvalue weighted by molar-refractivity contribution is 7.99. The molecule has 29 heavy (non-hydrogen) atoms. The molecule has 9 heteroatoms. The molecule has 0 aliphatic rings.